The maximum Gasteiger partial charge on any atom is 0.239 e. The summed E-state index contributed by atoms with van der Waals surface area (Å²) in [4.78, 5) is 14.2. The number of carbonyl (C=O) groups is 1. The van der Waals surface area contributed by atoms with E-state index in [-0.39, 0.29) is 11.9 Å². The number of amides is 1. The minimum atomic E-state index is -0.309. The zero-order valence-corrected chi connectivity index (χ0v) is 12.7. The first-order chi connectivity index (χ1) is 8.21. The summed E-state index contributed by atoms with van der Waals surface area (Å²) in [6.45, 7) is 12.9. The Morgan fingerprint density at radius 2 is 1.78 bits per heavy atom. The van der Waals surface area contributed by atoms with Crippen molar-refractivity contribution in [1.82, 2.24) is 4.90 Å². The van der Waals surface area contributed by atoms with Crippen molar-refractivity contribution in [1.29, 1.82) is 0 Å². The maximum atomic E-state index is 12.2. The van der Waals surface area contributed by atoms with Crippen LogP contribution in [0.1, 0.15) is 53.9 Å². The van der Waals surface area contributed by atoms with Gasteiger partial charge in [-0.1, -0.05) is 34.6 Å². The maximum absolute atomic E-state index is 12.2. The normalized spacial score (nSPS) is 20.3. The average molecular weight is 254 g/mol. The molecule has 0 bridgehead atoms. The minimum Gasteiger partial charge on any atom is -0.341 e. The summed E-state index contributed by atoms with van der Waals surface area (Å²) in [6.07, 6.45) is 3.02. The van der Waals surface area contributed by atoms with Crippen LogP contribution in [0.2, 0.25) is 0 Å². The smallest absolute Gasteiger partial charge is 0.239 e. The molecule has 0 aromatic heterocycles. The van der Waals surface area contributed by atoms with Gasteiger partial charge in [0, 0.05) is 13.1 Å². The van der Waals surface area contributed by atoms with Gasteiger partial charge in [-0.25, -0.2) is 0 Å². The number of rotatable bonds is 3. The second-order valence-corrected chi connectivity index (χ2v) is 7.20. The fourth-order valence-corrected chi connectivity index (χ4v) is 2.81. The molecule has 0 unspecified atom stereocenters. The molecule has 1 fully saturated rings. The van der Waals surface area contributed by atoms with E-state index >= 15 is 0 Å². The Kier molecular flexibility index (Phi) is 5.20. The monoisotopic (exact) mass is 254 g/mol. The molecule has 0 spiro atoms. The highest BCUT2D eigenvalue weighted by atomic mass is 16.2. The predicted molar refractivity (Wildman–Crippen MR) is 76.2 cm³/mol. The Balaban J connectivity index is 2.45. The molecule has 1 aliphatic heterocycles. The summed E-state index contributed by atoms with van der Waals surface area (Å²) in [5.41, 5.74) is 6.33. The molecule has 1 atom stereocenters. The van der Waals surface area contributed by atoms with Gasteiger partial charge >= 0.3 is 0 Å². The molecule has 1 aliphatic rings. The van der Waals surface area contributed by atoms with Crippen molar-refractivity contribution in [3.63, 3.8) is 0 Å². The van der Waals surface area contributed by atoms with E-state index in [4.69, 9.17) is 5.73 Å². The van der Waals surface area contributed by atoms with E-state index in [1.807, 2.05) is 4.90 Å². The van der Waals surface area contributed by atoms with Crippen molar-refractivity contribution in [3.05, 3.63) is 0 Å². The van der Waals surface area contributed by atoms with Gasteiger partial charge < -0.3 is 10.6 Å². The van der Waals surface area contributed by atoms with Crippen molar-refractivity contribution in [2.75, 3.05) is 13.1 Å². The first-order valence-electron chi connectivity index (χ1n) is 7.26. The molecule has 1 saturated heterocycles. The van der Waals surface area contributed by atoms with E-state index < -0.39 is 0 Å². The molecule has 0 saturated carbocycles. The molecule has 18 heavy (non-hydrogen) atoms. The van der Waals surface area contributed by atoms with E-state index in [0.29, 0.717) is 11.3 Å². The number of likely N-dealkylation sites (tertiary alicyclic amines) is 1. The van der Waals surface area contributed by atoms with E-state index in [1.165, 1.54) is 0 Å². The SMILES string of the molecule is CC(C)C[C@@H](N)C(=O)N1CCC(C(C)(C)C)CC1. The van der Waals surface area contributed by atoms with Crippen LogP contribution in [0.5, 0.6) is 0 Å². The lowest BCUT2D eigenvalue weighted by Gasteiger charge is -2.39. The fraction of sp³-hybridized carbons (Fsp3) is 0.933. The van der Waals surface area contributed by atoms with E-state index in [1.54, 1.807) is 0 Å². The quantitative estimate of drug-likeness (QED) is 0.841. The summed E-state index contributed by atoms with van der Waals surface area (Å²) in [5, 5.41) is 0. The predicted octanol–water partition coefficient (Wildman–Crippen LogP) is 2.64. The van der Waals surface area contributed by atoms with Crippen molar-refractivity contribution >= 4 is 5.91 Å². The first kappa shape index (κ1) is 15.5. The van der Waals surface area contributed by atoms with Gasteiger partial charge in [0.05, 0.1) is 6.04 Å². The number of piperidine rings is 1. The van der Waals surface area contributed by atoms with Crippen LogP contribution < -0.4 is 5.73 Å². The molecular formula is C15H30N2O. The summed E-state index contributed by atoms with van der Waals surface area (Å²) in [5.74, 6) is 1.36. The topological polar surface area (TPSA) is 46.3 Å². The van der Waals surface area contributed by atoms with Crippen LogP contribution in [0.25, 0.3) is 0 Å². The highest BCUT2D eigenvalue weighted by Gasteiger charge is 2.31. The highest BCUT2D eigenvalue weighted by Crippen LogP contribution is 2.34. The zero-order valence-electron chi connectivity index (χ0n) is 12.7. The molecule has 106 valence electrons. The summed E-state index contributed by atoms with van der Waals surface area (Å²) in [6, 6.07) is -0.309. The van der Waals surface area contributed by atoms with Gasteiger partial charge in [0.15, 0.2) is 0 Å². The third-order valence-electron chi connectivity index (χ3n) is 4.07. The molecule has 1 heterocycles. The van der Waals surface area contributed by atoms with Crippen molar-refractivity contribution in [3.8, 4) is 0 Å². The largest absolute Gasteiger partial charge is 0.341 e. The van der Waals surface area contributed by atoms with Crippen LogP contribution in [0.4, 0.5) is 0 Å². The van der Waals surface area contributed by atoms with E-state index in [2.05, 4.69) is 34.6 Å². The van der Waals surface area contributed by atoms with Crippen LogP contribution in [0, 0.1) is 17.3 Å². The molecule has 3 heteroatoms. The van der Waals surface area contributed by atoms with Gasteiger partial charge in [0.1, 0.15) is 0 Å². The zero-order chi connectivity index (χ0) is 13.9. The minimum absolute atomic E-state index is 0.149. The number of carbonyl (C=O) groups excluding carboxylic acids is 1. The second-order valence-electron chi connectivity index (χ2n) is 7.20. The third kappa shape index (κ3) is 4.27. The van der Waals surface area contributed by atoms with Crippen LogP contribution in [-0.4, -0.2) is 29.9 Å². The van der Waals surface area contributed by atoms with Crippen LogP contribution in [0.15, 0.2) is 0 Å². The summed E-state index contributed by atoms with van der Waals surface area (Å²) < 4.78 is 0. The van der Waals surface area contributed by atoms with Crippen molar-refractivity contribution in [2.24, 2.45) is 23.0 Å². The number of nitrogens with two attached hydrogens (primary N) is 1. The Morgan fingerprint density at radius 3 is 2.17 bits per heavy atom. The molecule has 2 N–H and O–H groups in total. The fourth-order valence-electron chi connectivity index (χ4n) is 2.81. The van der Waals surface area contributed by atoms with Gasteiger partial charge in [-0.15, -0.1) is 0 Å². The van der Waals surface area contributed by atoms with Gasteiger partial charge in [-0.2, -0.15) is 0 Å². The van der Waals surface area contributed by atoms with Crippen LogP contribution in [-0.2, 0) is 4.79 Å². The first-order valence-corrected chi connectivity index (χ1v) is 7.26. The molecule has 1 amide bonds. The number of hydrogen-bond donors (Lipinski definition) is 1. The van der Waals surface area contributed by atoms with Crippen LogP contribution in [0.3, 0.4) is 0 Å². The van der Waals surface area contributed by atoms with E-state index in [9.17, 15) is 4.79 Å². The Hall–Kier alpha value is -0.570. The highest BCUT2D eigenvalue weighted by molar-refractivity contribution is 5.81. The van der Waals surface area contributed by atoms with Gasteiger partial charge in [0.25, 0.3) is 0 Å². The molecular weight excluding hydrogens is 224 g/mol. The lowest BCUT2D eigenvalue weighted by atomic mass is 9.75. The molecule has 1 rings (SSSR count). The van der Waals surface area contributed by atoms with Crippen LogP contribution >= 0.6 is 0 Å². The molecule has 0 aromatic rings. The number of hydrogen-bond acceptors (Lipinski definition) is 2. The van der Waals surface area contributed by atoms with Crippen molar-refractivity contribution < 1.29 is 4.79 Å². The van der Waals surface area contributed by atoms with Crippen molar-refractivity contribution in [2.45, 2.75) is 59.9 Å². The Bertz CT molecular complexity index is 273. The van der Waals surface area contributed by atoms with E-state index in [0.717, 1.165) is 38.3 Å². The summed E-state index contributed by atoms with van der Waals surface area (Å²) >= 11 is 0. The average Bonchev–Trinajstić information content (AvgIpc) is 2.26. The number of nitrogens with zero attached hydrogens (tertiary/aromatic N) is 1. The van der Waals surface area contributed by atoms with Gasteiger partial charge in [-0.3, -0.25) is 4.79 Å². The lowest BCUT2D eigenvalue weighted by Crippen LogP contribution is -2.48. The summed E-state index contributed by atoms with van der Waals surface area (Å²) in [7, 11) is 0. The Labute approximate surface area is 112 Å². The third-order valence-corrected chi connectivity index (χ3v) is 4.07. The standard InChI is InChI=1S/C15H30N2O/c1-11(2)10-13(16)14(18)17-8-6-12(7-9-17)15(3,4)5/h11-13H,6-10,16H2,1-5H3/t13-/m1/s1. The molecule has 0 aliphatic carbocycles. The molecule has 0 radical (unpaired) electrons. The van der Waals surface area contributed by atoms with Gasteiger partial charge in [-0.05, 0) is 36.5 Å². The Morgan fingerprint density at radius 1 is 1.28 bits per heavy atom. The molecule has 0 aromatic carbocycles. The second kappa shape index (κ2) is 6.05. The lowest BCUT2D eigenvalue weighted by molar-refractivity contribution is -0.134. The van der Waals surface area contributed by atoms with Gasteiger partial charge in [0.2, 0.25) is 5.91 Å². The molecule has 3 nitrogen and oxygen atoms in total.